The third kappa shape index (κ3) is 7.80. The van der Waals surface area contributed by atoms with Gasteiger partial charge in [0.2, 0.25) is 21.8 Å². The van der Waals surface area contributed by atoms with Crippen molar-refractivity contribution in [3.05, 3.63) is 54.1 Å². The van der Waals surface area contributed by atoms with E-state index in [1.807, 2.05) is 19.2 Å². The lowest BCUT2D eigenvalue weighted by Crippen LogP contribution is -2.65. The van der Waals surface area contributed by atoms with Gasteiger partial charge in [-0.3, -0.25) is 19.2 Å². The molecule has 2 aromatic carbocycles. The molecule has 2 amide bonds. The molecule has 3 fully saturated rings. The highest BCUT2D eigenvalue weighted by Crippen LogP contribution is 2.32. The van der Waals surface area contributed by atoms with E-state index in [4.69, 9.17) is 4.74 Å². The highest BCUT2D eigenvalue weighted by molar-refractivity contribution is 7.92. The molecule has 5 rings (SSSR count). The van der Waals surface area contributed by atoms with Gasteiger partial charge in [-0.1, -0.05) is 44.2 Å². The van der Waals surface area contributed by atoms with E-state index in [2.05, 4.69) is 27.1 Å². The molecule has 0 bridgehead atoms. The number of nitrogens with zero attached hydrogens (tertiary/aromatic N) is 2. The molecule has 41 heavy (non-hydrogen) atoms. The van der Waals surface area contributed by atoms with Crippen molar-refractivity contribution >= 4 is 27.5 Å². The topological polar surface area (TPSA) is 108 Å². The Kier molecular flexibility index (Phi) is 9.19. The average molecular weight is 583 g/mol. The summed E-state index contributed by atoms with van der Waals surface area (Å²) in [5, 5.41) is 3.09. The van der Waals surface area contributed by atoms with Crippen LogP contribution in [-0.4, -0.2) is 68.5 Å². The number of piperazine rings is 1. The van der Waals surface area contributed by atoms with E-state index < -0.39 is 10.0 Å². The van der Waals surface area contributed by atoms with Crippen molar-refractivity contribution < 1.29 is 22.7 Å². The monoisotopic (exact) mass is 582 g/mol. The zero-order chi connectivity index (χ0) is 29.0. The molecule has 10 heteroatoms. The van der Waals surface area contributed by atoms with Gasteiger partial charge in [0.05, 0.1) is 6.26 Å². The number of carbonyl (C=O) groups excluding carboxylic acids is 2. The van der Waals surface area contributed by atoms with Crippen LogP contribution in [0.5, 0.6) is 11.5 Å². The van der Waals surface area contributed by atoms with Gasteiger partial charge in [-0.05, 0) is 86.1 Å². The maximum absolute atomic E-state index is 13.2. The van der Waals surface area contributed by atoms with Gasteiger partial charge in [-0.15, -0.1) is 0 Å². The standard InChI is InChI=1S/C31H42N4O5S/c1-34-29(30(36)32-28(31(34)37)20-22-6-4-3-5-7-22)24-16-18-35(19-17-24)21-23-8-12-26(13-9-23)40-27-14-10-25(11-15-27)33-41(2,38)39/h8-15,22,24,28-29,33H,3-7,16-21H2,1-2H3,(H,32,36). The van der Waals surface area contributed by atoms with E-state index in [1.165, 1.54) is 37.7 Å². The van der Waals surface area contributed by atoms with Crippen LogP contribution >= 0.6 is 0 Å². The third-order valence-corrected chi connectivity index (χ3v) is 9.35. The van der Waals surface area contributed by atoms with Crippen molar-refractivity contribution in [3.8, 4) is 11.5 Å². The van der Waals surface area contributed by atoms with Gasteiger partial charge in [-0.25, -0.2) is 8.42 Å². The van der Waals surface area contributed by atoms with E-state index in [0.717, 1.165) is 45.2 Å². The number of amides is 2. The van der Waals surface area contributed by atoms with Crippen molar-refractivity contribution in [2.75, 3.05) is 31.1 Å². The number of hydrogen-bond donors (Lipinski definition) is 2. The molecule has 2 aromatic rings. The van der Waals surface area contributed by atoms with Crippen molar-refractivity contribution in [3.63, 3.8) is 0 Å². The second-order valence-electron chi connectivity index (χ2n) is 12.0. The van der Waals surface area contributed by atoms with Gasteiger partial charge in [0.1, 0.15) is 23.6 Å². The molecule has 9 nitrogen and oxygen atoms in total. The number of ether oxygens (including phenoxy) is 1. The third-order valence-electron chi connectivity index (χ3n) is 8.74. The Bertz CT molecular complexity index is 1300. The highest BCUT2D eigenvalue weighted by atomic mass is 32.2. The maximum atomic E-state index is 13.2. The summed E-state index contributed by atoms with van der Waals surface area (Å²) >= 11 is 0. The predicted molar refractivity (Wildman–Crippen MR) is 159 cm³/mol. The van der Waals surface area contributed by atoms with E-state index >= 15 is 0 Å². The first-order chi connectivity index (χ1) is 19.6. The minimum absolute atomic E-state index is 0.0169. The van der Waals surface area contributed by atoms with E-state index in [1.54, 1.807) is 29.2 Å². The van der Waals surface area contributed by atoms with Gasteiger partial charge in [0, 0.05) is 19.3 Å². The number of rotatable bonds is 9. The fourth-order valence-electron chi connectivity index (χ4n) is 6.61. The first kappa shape index (κ1) is 29.4. The number of hydrogen-bond acceptors (Lipinski definition) is 6. The lowest BCUT2D eigenvalue weighted by atomic mass is 9.82. The minimum Gasteiger partial charge on any atom is -0.457 e. The van der Waals surface area contributed by atoms with Crippen molar-refractivity contribution in [1.29, 1.82) is 0 Å². The number of nitrogens with one attached hydrogen (secondary N) is 2. The Balaban J connectivity index is 1.08. The predicted octanol–water partition coefficient (Wildman–Crippen LogP) is 4.36. The van der Waals surface area contributed by atoms with Gasteiger partial charge >= 0.3 is 0 Å². The summed E-state index contributed by atoms with van der Waals surface area (Å²) in [6.45, 7) is 2.58. The van der Waals surface area contributed by atoms with Crippen LogP contribution in [0.15, 0.2) is 48.5 Å². The normalized spacial score (nSPS) is 23.3. The Morgan fingerprint density at radius 2 is 1.51 bits per heavy atom. The van der Waals surface area contributed by atoms with Gasteiger partial charge in [0.25, 0.3) is 0 Å². The van der Waals surface area contributed by atoms with E-state index in [9.17, 15) is 18.0 Å². The molecule has 222 valence electrons. The maximum Gasteiger partial charge on any atom is 0.245 e. The summed E-state index contributed by atoms with van der Waals surface area (Å²) in [4.78, 5) is 30.5. The number of likely N-dealkylation sites (N-methyl/N-ethyl adjacent to an activating group) is 1. The van der Waals surface area contributed by atoms with Crippen LogP contribution in [0.1, 0.15) is 56.9 Å². The van der Waals surface area contributed by atoms with Crippen LogP contribution in [0, 0.1) is 11.8 Å². The fraction of sp³-hybridized carbons (Fsp3) is 0.548. The van der Waals surface area contributed by atoms with Gasteiger partial charge in [0.15, 0.2) is 0 Å². The molecule has 0 spiro atoms. The Hall–Kier alpha value is -3.11. The van der Waals surface area contributed by atoms with E-state index in [-0.39, 0.29) is 29.8 Å². The van der Waals surface area contributed by atoms with Crippen molar-refractivity contribution in [1.82, 2.24) is 15.1 Å². The summed E-state index contributed by atoms with van der Waals surface area (Å²) < 4.78 is 31.1. The molecule has 3 aliphatic rings. The van der Waals surface area contributed by atoms with Crippen LogP contribution in [0.4, 0.5) is 5.69 Å². The summed E-state index contributed by atoms with van der Waals surface area (Å²) in [6, 6.07) is 14.0. The number of sulfonamides is 1. The van der Waals surface area contributed by atoms with E-state index in [0.29, 0.717) is 23.1 Å². The summed E-state index contributed by atoms with van der Waals surface area (Å²) in [7, 11) is -1.50. The minimum atomic E-state index is -3.32. The first-order valence-corrected chi connectivity index (χ1v) is 16.7. The number of piperidine rings is 1. The number of anilines is 1. The molecular weight excluding hydrogens is 540 g/mol. The molecular formula is C31H42N4O5S. The zero-order valence-corrected chi connectivity index (χ0v) is 24.9. The molecule has 2 N–H and O–H groups in total. The Labute approximate surface area is 243 Å². The quantitative estimate of drug-likeness (QED) is 0.455. The largest absolute Gasteiger partial charge is 0.457 e. The van der Waals surface area contributed by atoms with Crippen LogP contribution < -0.4 is 14.8 Å². The smallest absolute Gasteiger partial charge is 0.245 e. The fourth-order valence-corrected chi connectivity index (χ4v) is 7.18. The lowest BCUT2D eigenvalue weighted by Gasteiger charge is -2.44. The SMILES string of the molecule is CN1C(=O)C(CC2CCCCC2)NC(=O)C1C1CCN(Cc2ccc(Oc3ccc(NS(C)(=O)=O)cc3)cc2)CC1. The molecule has 2 atom stereocenters. The summed E-state index contributed by atoms with van der Waals surface area (Å²) in [5.74, 6) is 2.13. The molecule has 1 saturated carbocycles. The van der Waals surface area contributed by atoms with Crippen LogP contribution in [0.3, 0.4) is 0 Å². The molecule has 0 aromatic heterocycles. The van der Waals surface area contributed by atoms with Gasteiger partial charge < -0.3 is 15.0 Å². The number of benzene rings is 2. The summed E-state index contributed by atoms with van der Waals surface area (Å²) in [6.07, 6.45) is 9.75. The van der Waals surface area contributed by atoms with Crippen molar-refractivity contribution in [2.24, 2.45) is 11.8 Å². The Morgan fingerprint density at radius 1 is 0.902 bits per heavy atom. The lowest BCUT2D eigenvalue weighted by molar-refractivity contribution is -0.151. The molecule has 2 aliphatic heterocycles. The van der Waals surface area contributed by atoms with Crippen molar-refractivity contribution in [2.45, 2.75) is 70.0 Å². The number of carbonyl (C=O) groups is 2. The average Bonchev–Trinajstić information content (AvgIpc) is 2.94. The molecule has 2 heterocycles. The number of likely N-dealkylation sites (tertiary alicyclic amines) is 1. The van der Waals surface area contributed by atoms with Crippen LogP contribution in [0.2, 0.25) is 0 Å². The second kappa shape index (κ2) is 12.8. The Morgan fingerprint density at radius 3 is 2.12 bits per heavy atom. The van der Waals surface area contributed by atoms with Gasteiger partial charge in [-0.2, -0.15) is 0 Å². The molecule has 2 saturated heterocycles. The highest BCUT2D eigenvalue weighted by Gasteiger charge is 2.43. The second-order valence-corrected chi connectivity index (χ2v) is 13.7. The van der Waals surface area contributed by atoms with Crippen LogP contribution in [-0.2, 0) is 26.2 Å². The molecule has 0 radical (unpaired) electrons. The first-order valence-electron chi connectivity index (χ1n) is 14.8. The molecule has 2 unspecified atom stereocenters. The molecule has 1 aliphatic carbocycles. The van der Waals surface area contributed by atoms with Crippen LogP contribution in [0.25, 0.3) is 0 Å². The zero-order valence-electron chi connectivity index (χ0n) is 24.1. The summed E-state index contributed by atoms with van der Waals surface area (Å²) in [5.41, 5.74) is 1.66.